The van der Waals surface area contributed by atoms with Gasteiger partial charge in [0.05, 0.1) is 17.7 Å². The molecule has 1 aliphatic rings. The van der Waals surface area contributed by atoms with E-state index in [4.69, 9.17) is 9.72 Å². The largest absolute Gasteiger partial charge is 0.465 e. The third-order valence-corrected chi connectivity index (χ3v) is 7.42. The summed E-state index contributed by atoms with van der Waals surface area (Å²) in [5.74, 6) is -0.236. The summed E-state index contributed by atoms with van der Waals surface area (Å²) in [5, 5.41) is 0.885. The van der Waals surface area contributed by atoms with Gasteiger partial charge < -0.3 is 4.74 Å². The van der Waals surface area contributed by atoms with Gasteiger partial charge >= 0.3 is 5.97 Å². The van der Waals surface area contributed by atoms with Gasteiger partial charge in [0.25, 0.3) is 5.56 Å². The topological polar surface area (TPSA) is 61.2 Å². The molecule has 1 aromatic carbocycles. The van der Waals surface area contributed by atoms with Crippen molar-refractivity contribution in [1.29, 1.82) is 0 Å². The molecular weight excluding hydrogens is 380 g/mol. The van der Waals surface area contributed by atoms with Crippen molar-refractivity contribution in [2.24, 2.45) is 0 Å². The number of hydrogen-bond acceptors (Lipinski definition) is 6. The predicted octanol–water partition coefficient (Wildman–Crippen LogP) is 4.09. The van der Waals surface area contributed by atoms with Crippen LogP contribution in [0.1, 0.15) is 28.0 Å². The van der Waals surface area contributed by atoms with Crippen molar-refractivity contribution in [2.75, 3.05) is 6.61 Å². The number of rotatable bonds is 3. The van der Waals surface area contributed by atoms with Gasteiger partial charge in [-0.3, -0.25) is 14.2 Å². The van der Waals surface area contributed by atoms with E-state index >= 15 is 0 Å². The highest BCUT2D eigenvalue weighted by Gasteiger charge is 2.30. The van der Waals surface area contributed by atoms with Crippen molar-refractivity contribution in [3.63, 3.8) is 0 Å². The molecule has 1 aliphatic heterocycles. The number of hydrogen-bond donors (Lipinski definition) is 0. The molecule has 3 heterocycles. The molecule has 4 rings (SSSR count). The van der Waals surface area contributed by atoms with E-state index in [9.17, 15) is 9.59 Å². The van der Waals surface area contributed by atoms with E-state index in [1.165, 1.54) is 23.1 Å². The summed E-state index contributed by atoms with van der Waals surface area (Å²) in [7, 11) is 0. The molecule has 140 valence electrons. The van der Waals surface area contributed by atoms with Crippen LogP contribution in [0, 0.1) is 27.7 Å². The molecule has 27 heavy (non-hydrogen) atoms. The highest BCUT2D eigenvalue weighted by Crippen LogP contribution is 2.34. The zero-order valence-electron chi connectivity index (χ0n) is 15.7. The molecule has 0 spiro atoms. The van der Waals surface area contributed by atoms with Crippen molar-refractivity contribution in [3.05, 3.63) is 50.1 Å². The lowest BCUT2D eigenvalue weighted by molar-refractivity contribution is -0.137. The second-order valence-corrected chi connectivity index (χ2v) is 9.15. The molecule has 0 aliphatic carbocycles. The number of cyclic esters (lactones) is 1. The zero-order valence-corrected chi connectivity index (χ0v) is 17.3. The molecule has 1 atom stereocenters. The number of carbonyl (C=O) groups is 1. The van der Waals surface area contributed by atoms with E-state index in [1.54, 1.807) is 4.57 Å². The first kappa shape index (κ1) is 18.3. The molecule has 0 N–H and O–H groups in total. The molecule has 0 saturated carbocycles. The molecular formula is C20H20N2O3S2. The molecule has 3 aromatic rings. The lowest BCUT2D eigenvalue weighted by Crippen LogP contribution is -2.24. The van der Waals surface area contributed by atoms with Crippen LogP contribution in [0.4, 0.5) is 0 Å². The van der Waals surface area contributed by atoms with E-state index in [2.05, 4.69) is 0 Å². The molecule has 7 heteroatoms. The number of aromatic nitrogens is 2. The first-order chi connectivity index (χ1) is 12.9. The summed E-state index contributed by atoms with van der Waals surface area (Å²) in [6.07, 6.45) is 0.632. The molecule has 0 radical (unpaired) electrons. The Labute approximate surface area is 165 Å². The van der Waals surface area contributed by atoms with Gasteiger partial charge in [0, 0.05) is 11.3 Å². The summed E-state index contributed by atoms with van der Waals surface area (Å²) in [5.41, 5.74) is 3.84. The van der Waals surface area contributed by atoms with Gasteiger partial charge in [0.1, 0.15) is 10.1 Å². The van der Waals surface area contributed by atoms with E-state index in [0.29, 0.717) is 23.6 Å². The number of fused-ring (bicyclic) bond motifs is 1. The van der Waals surface area contributed by atoms with E-state index in [1.807, 2.05) is 45.9 Å². The lowest BCUT2D eigenvalue weighted by atomic mass is 10.1. The number of benzene rings is 1. The standard InChI is InChI=1S/C20H20N2O3S2/c1-10-6-5-7-14(11(10)2)22-18(23)16-12(3)13(4)26-17(16)21-20(22)27-15-8-9-25-19(15)24/h5-7,15H,8-9H2,1-4H3/t15-/m0/s1. The number of aryl methyl sites for hydroxylation is 3. The molecule has 5 nitrogen and oxygen atoms in total. The number of ether oxygens (including phenoxy) is 1. The van der Waals surface area contributed by atoms with Gasteiger partial charge in [-0.15, -0.1) is 11.3 Å². The Morgan fingerprint density at radius 3 is 2.67 bits per heavy atom. The predicted molar refractivity (Wildman–Crippen MR) is 109 cm³/mol. The van der Waals surface area contributed by atoms with Crippen molar-refractivity contribution in [3.8, 4) is 5.69 Å². The summed E-state index contributed by atoms with van der Waals surface area (Å²) in [6.45, 7) is 8.42. The van der Waals surface area contributed by atoms with Gasteiger partial charge in [0.15, 0.2) is 5.16 Å². The Morgan fingerprint density at radius 2 is 1.96 bits per heavy atom. The SMILES string of the molecule is Cc1cccc(-n2c(S[C@H]3CCOC3=O)nc3sc(C)c(C)c3c2=O)c1C. The van der Waals surface area contributed by atoms with Crippen LogP contribution in [0.15, 0.2) is 28.2 Å². The zero-order chi connectivity index (χ0) is 19.3. The minimum absolute atomic E-state index is 0.0792. The Kier molecular flexibility index (Phi) is 4.60. The van der Waals surface area contributed by atoms with Gasteiger partial charge in [-0.2, -0.15) is 0 Å². The first-order valence-electron chi connectivity index (χ1n) is 8.81. The second kappa shape index (κ2) is 6.80. The van der Waals surface area contributed by atoms with Crippen molar-refractivity contribution in [1.82, 2.24) is 9.55 Å². The first-order valence-corrected chi connectivity index (χ1v) is 10.5. The van der Waals surface area contributed by atoms with Crippen LogP contribution in [-0.4, -0.2) is 27.4 Å². The fourth-order valence-corrected chi connectivity index (χ4v) is 5.40. The van der Waals surface area contributed by atoms with Crippen molar-refractivity contribution < 1.29 is 9.53 Å². The molecule has 2 aromatic heterocycles. The van der Waals surface area contributed by atoms with Crippen molar-refractivity contribution in [2.45, 2.75) is 44.5 Å². The van der Waals surface area contributed by atoms with E-state index < -0.39 is 0 Å². The Bertz CT molecular complexity index is 1130. The van der Waals surface area contributed by atoms with Crippen LogP contribution in [0.2, 0.25) is 0 Å². The van der Waals surface area contributed by atoms with Gasteiger partial charge in [-0.1, -0.05) is 23.9 Å². The average molecular weight is 401 g/mol. The normalized spacial score (nSPS) is 16.9. The number of nitrogens with zero attached hydrogens (tertiary/aromatic N) is 2. The van der Waals surface area contributed by atoms with Crippen LogP contribution in [0.3, 0.4) is 0 Å². The molecule has 0 unspecified atom stereocenters. The van der Waals surface area contributed by atoms with E-state index in [0.717, 1.165) is 32.1 Å². The van der Waals surface area contributed by atoms with Crippen LogP contribution < -0.4 is 5.56 Å². The second-order valence-electron chi connectivity index (χ2n) is 6.78. The number of carbonyl (C=O) groups excluding carboxylic acids is 1. The molecule has 1 saturated heterocycles. The highest BCUT2D eigenvalue weighted by atomic mass is 32.2. The fourth-order valence-electron chi connectivity index (χ4n) is 3.26. The number of thioether (sulfide) groups is 1. The van der Waals surface area contributed by atoms with Crippen LogP contribution >= 0.6 is 23.1 Å². The summed E-state index contributed by atoms with van der Waals surface area (Å²) in [4.78, 5) is 32.1. The quantitative estimate of drug-likeness (QED) is 0.490. The minimum atomic E-state index is -0.326. The Morgan fingerprint density at radius 1 is 1.19 bits per heavy atom. The van der Waals surface area contributed by atoms with Gasteiger partial charge in [-0.05, 0) is 50.5 Å². The highest BCUT2D eigenvalue weighted by molar-refractivity contribution is 8.00. The lowest BCUT2D eigenvalue weighted by Gasteiger charge is -2.16. The molecule has 1 fully saturated rings. The number of esters is 1. The third kappa shape index (κ3) is 2.99. The fraction of sp³-hybridized carbons (Fsp3) is 0.350. The van der Waals surface area contributed by atoms with E-state index in [-0.39, 0.29) is 16.8 Å². The smallest absolute Gasteiger partial charge is 0.319 e. The Balaban J connectivity index is 2.01. The van der Waals surface area contributed by atoms with Crippen LogP contribution in [-0.2, 0) is 9.53 Å². The van der Waals surface area contributed by atoms with Gasteiger partial charge in [0.2, 0.25) is 0 Å². The summed E-state index contributed by atoms with van der Waals surface area (Å²) < 4.78 is 6.76. The number of thiophene rings is 1. The molecule has 0 bridgehead atoms. The summed E-state index contributed by atoms with van der Waals surface area (Å²) >= 11 is 2.85. The molecule has 0 amide bonds. The van der Waals surface area contributed by atoms with Crippen LogP contribution in [0.5, 0.6) is 0 Å². The maximum Gasteiger partial charge on any atom is 0.319 e. The minimum Gasteiger partial charge on any atom is -0.465 e. The average Bonchev–Trinajstić information content (AvgIpc) is 3.15. The maximum atomic E-state index is 13.5. The Hall–Kier alpha value is -2.12. The van der Waals surface area contributed by atoms with Gasteiger partial charge in [-0.25, -0.2) is 4.98 Å². The third-order valence-electron chi connectivity index (χ3n) is 5.12. The monoisotopic (exact) mass is 400 g/mol. The van der Waals surface area contributed by atoms with Crippen LogP contribution in [0.25, 0.3) is 15.9 Å². The maximum absolute atomic E-state index is 13.5. The van der Waals surface area contributed by atoms with Crippen molar-refractivity contribution >= 4 is 39.3 Å². The summed E-state index contributed by atoms with van der Waals surface area (Å²) in [6, 6.07) is 5.90.